The monoisotopic (exact) mass is 281 g/mol. The first-order chi connectivity index (χ1) is 10.1. The van der Waals surface area contributed by atoms with Gasteiger partial charge in [-0.25, -0.2) is 0 Å². The van der Waals surface area contributed by atoms with Crippen LogP contribution in [0.5, 0.6) is 0 Å². The molecule has 0 N–H and O–H groups in total. The fourth-order valence-corrected chi connectivity index (χ4v) is 3.56. The molecule has 1 aromatic carbocycles. The van der Waals surface area contributed by atoms with Crippen LogP contribution in [0.25, 0.3) is 10.9 Å². The standard InChI is InChI=1S/C17H19N3O/c1-12-14-11-13(6-7-15(14)20(2)19-12)17(9-10-18)8-4-3-5-16(17)21/h6-7,11H,3-5,8-9H2,1-2H3. The molecule has 0 saturated heterocycles. The third-order valence-electron chi connectivity index (χ3n) is 4.76. The summed E-state index contributed by atoms with van der Waals surface area (Å²) in [7, 11) is 1.92. The molecule has 4 heteroatoms. The van der Waals surface area contributed by atoms with E-state index in [-0.39, 0.29) is 12.2 Å². The van der Waals surface area contributed by atoms with Crippen molar-refractivity contribution in [3.05, 3.63) is 29.5 Å². The molecule has 0 aliphatic heterocycles. The molecule has 3 rings (SSSR count). The normalized spacial score (nSPS) is 22.4. The van der Waals surface area contributed by atoms with Crippen molar-refractivity contribution in [2.45, 2.75) is 44.4 Å². The van der Waals surface area contributed by atoms with E-state index in [0.717, 1.165) is 41.4 Å². The molecule has 1 saturated carbocycles. The first-order valence-corrected chi connectivity index (χ1v) is 7.42. The number of carbonyl (C=O) groups excluding carboxylic acids is 1. The van der Waals surface area contributed by atoms with E-state index in [4.69, 9.17) is 0 Å². The molecule has 0 bridgehead atoms. The average molecular weight is 281 g/mol. The van der Waals surface area contributed by atoms with Crippen LogP contribution in [0.4, 0.5) is 0 Å². The summed E-state index contributed by atoms with van der Waals surface area (Å²) in [5.74, 6) is 0.219. The fourth-order valence-electron chi connectivity index (χ4n) is 3.56. The average Bonchev–Trinajstić information content (AvgIpc) is 2.76. The van der Waals surface area contributed by atoms with Crippen LogP contribution in [0, 0.1) is 18.3 Å². The molecule has 0 radical (unpaired) electrons. The van der Waals surface area contributed by atoms with Gasteiger partial charge in [0.1, 0.15) is 5.78 Å². The Hall–Kier alpha value is -2.15. The minimum atomic E-state index is -0.608. The molecule has 1 aliphatic rings. The van der Waals surface area contributed by atoms with Crippen molar-refractivity contribution >= 4 is 16.7 Å². The van der Waals surface area contributed by atoms with Crippen LogP contribution in [0.3, 0.4) is 0 Å². The van der Waals surface area contributed by atoms with Crippen LogP contribution in [0.2, 0.25) is 0 Å². The topological polar surface area (TPSA) is 58.7 Å². The lowest BCUT2D eigenvalue weighted by Crippen LogP contribution is -2.38. The number of carbonyl (C=O) groups is 1. The Morgan fingerprint density at radius 3 is 2.95 bits per heavy atom. The molecule has 4 nitrogen and oxygen atoms in total. The Balaban J connectivity index is 2.18. The maximum absolute atomic E-state index is 12.6. The van der Waals surface area contributed by atoms with Gasteiger partial charge < -0.3 is 0 Å². The molecule has 21 heavy (non-hydrogen) atoms. The number of Topliss-reactive ketones (excluding diaryl/α,β-unsaturated/α-hetero) is 1. The summed E-state index contributed by atoms with van der Waals surface area (Å²) in [6, 6.07) is 8.32. The van der Waals surface area contributed by atoms with Crippen LogP contribution in [0.15, 0.2) is 18.2 Å². The summed E-state index contributed by atoms with van der Waals surface area (Å²) in [6.45, 7) is 1.98. The minimum absolute atomic E-state index is 0.219. The van der Waals surface area contributed by atoms with Gasteiger partial charge in [0.25, 0.3) is 0 Å². The van der Waals surface area contributed by atoms with E-state index in [1.165, 1.54) is 0 Å². The van der Waals surface area contributed by atoms with E-state index in [1.54, 1.807) is 0 Å². The van der Waals surface area contributed by atoms with Crippen molar-refractivity contribution in [3.8, 4) is 6.07 Å². The lowest BCUT2D eigenvalue weighted by molar-refractivity contribution is -0.126. The molecule has 108 valence electrons. The van der Waals surface area contributed by atoms with E-state index in [1.807, 2.05) is 30.8 Å². The number of hydrogen-bond donors (Lipinski definition) is 0. The van der Waals surface area contributed by atoms with Gasteiger partial charge in [0.2, 0.25) is 0 Å². The van der Waals surface area contributed by atoms with E-state index >= 15 is 0 Å². The lowest BCUT2D eigenvalue weighted by atomic mass is 9.66. The largest absolute Gasteiger partial charge is 0.299 e. The molecule has 2 aromatic rings. The molecule has 1 atom stereocenters. The molecule has 0 amide bonds. The van der Waals surface area contributed by atoms with E-state index in [0.29, 0.717) is 6.42 Å². The zero-order valence-electron chi connectivity index (χ0n) is 12.5. The summed E-state index contributed by atoms with van der Waals surface area (Å²) in [4.78, 5) is 12.6. The van der Waals surface area contributed by atoms with E-state index < -0.39 is 5.41 Å². The molecule has 1 aromatic heterocycles. The van der Waals surface area contributed by atoms with Crippen molar-refractivity contribution in [1.29, 1.82) is 5.26 Å². The van der Waals surface area contributed by atoms with Gasteiger partial charge in [-0.15, -0.1) is 0 Å². The predicted molar refractivity (Wildman–Crippen MR) is 80.8 cm³/mol. The van der Waals surface area contributed by atoms with Gasteiger partial charge in [-0.1, -0.05) is 12.5 Å². The van der Waals surface area contributed by atoms with Gasteiger partial charge in [0.15, 0.2) is 0 Å². The molecule has 1 fully saturated rings. The number of benzene rings is 1. The van der Waals surface area contributed by atoms with Crippen molar-refractivity contribution in [2.24, 2.45) is 7.05 Å². The Morgan fingerprint density at radius 2 is 2.24 bits per heavy atom. The molecule has 1 unspecified atom stereocenters. The van der Waals surface area contributed by atoms with Crippen molar-refractivity contribution in [1.82, 2.24) is 9.78 Å². The Kier molecular flexibility index (Phi) is 3.29. The molecule has 1 heterocycles. The summed E-state index contributed by atoms with van der Waals surface area (Å²) in [6.07, 6.45) is 3.60. The predicted octanol–water partition coefficient (Wildman–Crippen LogP) is 3.18. The number of fused-ring (bicyclic) bond motifs is 1. The van der Waals surface area contributed by atoms with Gasteiger partial charge in [0.05, 0.1) is 29.1 Å². The Labute approximate surface area is 124 Å². The van der Waals surface area contributed by atoms with Crippen LogP contribution < -0.4 is 0 Å². The Bertz CT molecular complexity index is 753. The third-order valence-corrected chi connectivity index (χ3v) is 4.76. The van der Waals surface area contributed by atoms with Gasteiger partial charge in [0, 0.05) is 18.9 Å². The second-order valence-electron chi connectivity index (χ2n) is 5.99. The number of nitriles is 1. The first-order valence-electron chi connectivity index (χ1n) is 7.42. The second kappa shape index (κ2) is 5.00. The van der Waals surface area contributed by atoms with E-state index in [9.17, 15) is 10.1 Å². The first kappa shape index (κ1) is 13.8. The van der Waals surface area contributed by atoms with Gasteiger partial charge in [-0.3, -0.25) is 9.48 Å². The van der Waals surface area contributed by atoms with E-state index in [2.05, 4.69) is 17.2 Å². The summed E-state index contributed by atoms with van der Waals surface area (Å²) < 4.78 is 1.86. The number of rotatable bonds is 2. The zero-order valence-corrected chi connectivity index (χ0v) is 12.5. The fraction of sp³-hybridized carbons (Fsp3) is 0.471. The van der Waals surface area contributed by atoms with Crippen LogP contribution in [-0.4, -0.2) is 15.6 Å². The third kappa shape index (κ3) is 2.04. The minimum Gasteiger partial charge on any atom is -0.299 e. The SMILES string of the molecule is Cc1nn(C)c2ccc(C3(CC#N)CCCCC3=O)cc12. The van der Waals surface area contributed by atoms with Crippen LogP contribution in [-0.2, 0) is 17.3 Å². The van der Waals surface area contributed by atoms with Crippen LogP contribution >= 0.6 is 0 Å². The molecular weight excluding hydrogens is 262 g/mol. The number of aryl methyl sites for hydroxylation is 2. The zero-order chi connectivity index (χ0) is 15.0. The van der Waals surface area contributed by atoms with Gasteiger partial charge in [-0.2, -0.15) is 10.4 Å². The summed E-state index contributed by atoms with van der Waals surface area (Å²) in [5, 5.41) is 14.7. The molecule has 0 spiro atoms. The van der Waals surface area contributed by atoms with Crippen molar-refractivity contribution in [2.75, 3.05) is 0 Å². The molecule has 1 aliphatic carbocycles. The lowest BCUT2D eigenvalue weighted by Gasteiger charge is -2.34. The highest BCUT2D eigenvalue weighted by molar-refractivity contribution is 5.93. The smallest absolute Gasteiger partial charge is 0.144 e. The Morgan fingerprint density at radius 1 is 1.43 bits per heavy atom. The van der Waals surface area contributed by atoms with Crippen molar-refractivity contribution in [3.63, 3.8) is 0 Å². The van der Waals surface area contributed by atoms with Gasteiger partial charge >= 0.3 is 0 Å². The number of nitrogens with zero attached hydrogens (tertiary/aromatic N) is 3. The number of ketones is 1. The van der Waals surface area contributed by atoms with Gasteiger partial charge in [-0.05, 0) is 37.5 Å². The second-order valence-corrected chi connectivity index (χ2v) is 5.99. The number of aromatic nitrogens is 2. The summed E-state index contributed by atoms with van der Waals surface area (Å²) >= 11 is 0. The number of hydrogen-bond acceptors (Lipinski definition) is 3. The highest BCUT2D eigenvalue weighted by atomic mass is 16.1. The quantitative estimate of drug-likeness (QED) is 0.849. The van der Waals surface area contributed by atoms with Crippen LogP contribution in [0.1, 0.15) is 43.4 Å². The summed E-state index contributed by atoms with van der Waals surface area (Å²) in [5.41, 5.74) is 2.40. The maximum Gasteiger partial charge on any atom is 0.144 e. The highest BCUT2D eigenvalue weighted by Crippen LogP contribution is 2.40. The molecular formula is C17H19N3O. The van der Waals surface area contributed by atoms with Crippen molar-refractivity contribution < 1.29 is 4.79 Å². The maximum atomic E-state index is 12.6. The highest BCUT2D eigenvalue weighted by Gasteiger charge is 2.41.